The Labute approximate surface area is 152 Å². The number of likely N-dealkylation sites (N-methyl/N-ethyl adjacent to an activating group) is 1. The molecule has 0 aliphatic carbocycles. The summed E-state index contributed by atoms with van der Waals surface area (Å²) in [6.07, 6.45) is 1.93. The van der Waals surface area contributed by atoms with Crippen LogP contribution in [0.1, 0.15) is 36.0 Å². The number of anilines is 1. The minimum absolute atomic E-state index is 0.126. The summed E-state index contributed by atoms with van der Waals surface area (Å²) in [5, 5.41) is 10.3. The molecule has 1 fully saturated rings. The van der Waals surface area contributed by atoms with Crippen LogP contribution in [0.15, 0.2) is 0 Å². The van der Waals surface area contributed by atoms with Gasteiger partial charge in [0.05, 0.1) is 11.9 Å². The fourth-order valence-electron chi connectivity index (χ4n) is 3.68. The van der Waals surface area contributed by atoms with Crippen LogP contribution in [0, 0.1) is 20.8 Å². The Balaban J connectivity index is 1.81. The maximum Gasteiger partial charge on any atom is 0.317 e. The summed E-state index contributed by atoms with van der Waals surface area (Å²) in [5.74, 6) is 1.11. The number of fused-ring (bicyclic) bond motifs is 1. The predicted octanol–water partition coefficient (Wildman–Crippen LogP) is 2.99. The number of nitrogens with zero attached hydrogens (tertiary/aromatic N) is 4. The van der Waals surface area contributed by atoms with E-state index in [1.54, 1.807) is 11.3 Å². The lowest BCUT2D eigenvalue weighted by Crippen LogP contribution is -2.46. The van der Waals surface area contributed by atoms with Gasteiger partial charge in [-0.2, -0.15) is 0 Å². The van der Waals surface area contributed by atoms with Crippen molar-refractivity contribution in [2.24, 2.45) is 0 Å². The average molecular weight is 362 g/mol. The lowest BCUT2D eigenvalue weighted by molar-refractivity contribution is -0.139. The number of aliphatic carboxylic acids is 1. The van der Waals surface area contributed by atoms with E-state index in [-0.39, 0.29) is 6.54 Å². The second-order valence-corrected chi connectivity index (χ2v) is 7.94. The van der Waals surface area contributed by atoms with Gasteiger partial charge >= 0.3 is 5.97 Å². The molecule has 0 amide bonds. The largest absolute Gasteiger partial charge is 0.480 e. The van der Waals surface area contributed by atoms with E-state index in [0.717, 1.165) is 48.9 Å². The SMILES string of the molecule is CCN(CC(=O)O)C1CCN(c2nc(C)nc3sc(C)c(C)c23)CC1. The maximum atomic E-state index is 11.1. The molecule has 0 atom stereocenters. The lowest BCUT2D eigenvalue weighted by atomic mass is 10.0. The Morgan fingerprint density at radius 3 is 2.56 bits per heavy atom. The monoisotopic (exact) mass is 362 g/mol. The number of thiophene rings is 1. The van der Waals surface area contributed by atoms with Crippen LogP contribution in [0.25, 0.3) is 10.2 Å². The normalized spacial score (nSPS) is 16.1. The molecule has 7 heteroatoms. The van der Waals surface area contributed by atoms with Gasteiger partial charge in [0.1, 0.15) is 16.5 Å². The summed E-state index contributed by atoms with van der Waals surface area (Å²) < 4.78 is 0. The van der Waals surface area contributed by atoms with Gasteiger partial charge in [-0.05, 0) is 45.7 Å². The van der Waals surface area contributed by atoms with Gasteiger partial charge in [-0.15, -0.1) is 11.3 Å². The topological polar surface area (TPSA) is 69.6 Å². The molecular weight excluding hydrogens is 336 g/mol. The third kappa shape index (κ3) is 3.62. The third-order valence-electron chi connectivity index (χ3n) is 5.15. The Hall–Kier alpha value is -1.73. The molecule has 0 spiro atoms. The first-order valence-corrected chi connectivity index (χ1v) is 9.67. The Morgan fingerprint density at radius 1 is 1.28 bits per heavy atom. The molecule has 0 unspecified atom stereocenters. The van der Waals surface area contributed by atoms with Crippen LogP contribution in [0.4, 0.5) is 5.82 Å². The second kappa shape index (κ2) is 7.25. The molecule has 1 saturated heterocycles. The maximum absolute atomic E-state index is 11.1. The van der Waals surface area contributed by atoms with Crippen LogP contribution in [0.3, 0.4) is 0 Å². The number of rotatable bonds is 5. The molecule has 3 heterocycles. The van der Waals surface area contributed by atoms with Gasteiger partial charge in [-0.3, -0.25) is 9.69 Å². The number of aryl methyl sites for hydroxylation is 3. The molecule has 0 radical (unpaired) electrons. The average Bonchev–Trinajstić information content (AvgIpc) is 2.86. The van der Waals surface area contributed by atoms with Crippen molar-refractivity contribution in [3.05, 3.63) is 16.3 Å². The molecule has 0 aromatic carbocycles. The first kappa shape index (κ1) is 18.1. The summed E-state index contributed by atoms with van der Waals surface area (Å²) in [5.41, 5.74) is 1.28. The molecule has 25 heavy (non-hydrogen) atoms. The Kier molecular flexibility index (Phi) is 5.24. The third-order valence-corrected chi connectivity index (χ3v) is 6.25. The molecule has 1 N–H and O–H groups in total. The van der Waals surface area contributed by atoms with Crippen LogP contribution in [0.2, 0.25) is 0 Å². The summed E-state index contributed by atoms with van der Waals surface area (Å²) >= 11 is 1.74. The first-order valence-electron chi connectivity index (χ1n) is 8.85. The van der Waals surface area contributed by atoms with E-state index in [4.69, 9.17) is 10.1 Å². The quantitative estimate of drug-likeness (QED) is 0.882. The van der Waals surface area contributed by atoms with Crippen molar-refractivity contribution in [1.82, 2.24) is 14.9 Å². The highest BCUT2D eigenvalue weighted by molar-refractivity contribution is 7.18. The zero-order chi connectivity index (χ0) is 18.1. The zero-order valence-corrected chi connectivity index (χ0v) is 16.2. The molecule has 3 rings (SSSR count). The Bertz CT molecular complexity index is 781. The van der Waals surface area contributed by atoms with Gasteiger partial charge < -0.3 is 10.0 Å². The van der Waals surface area contributed by atoms with Crippen molar-refractivity contribution in [2.45, 2.75) is 46.6 Å². The highest BCUT2D eigenvalue weighted by Crippen LogP contribution is 2.36. The van der Waals surface area contributed by atoms with Crippen molar-refractivity contribution < 1.29 is 9.90 Å². The molecule has 0 bridgehead atoms. The molecule has 1 aliphatic heterocycles. The zero-order valence-electron chi connectivity index (χ0n) is 15.4. The van der Waals surface area contributed by atoms with Gasteiger partial charge in [0, 0.05) is 24.0 Å². The summed E-state index contributed by atoms with van der Waals surface area (Å²) in [6, 6.07) is 0.334. The molecular formula is C18H26N4O2S. The smallest absolute Gasteiger partial charge is 0.317 e. The first-order chi connectivity index (χ1) is 11.9. The van der Waals surface area contributed by atoms with Crippen LogP contribution < -0.4 is 4.90 Å². The van der Waals surface area contributed by atoms with Gasteiger partial charge in [-0.1, -0.05) is 6.92 Å². The minimum atomic E-state index is -0.748. The van der Waals surface area contributed by atoms with Crippen LogP contribution in [0.5, 0.6) is 0 Å². The fraction of sp³-hybridized carbons (Fsp3) is 0.611. The number of hydrogen-bond donors (Lipinski definition) is 1. The molecule has 136 valence electrons. The van der Waals surface area contributed by atoms with Crippen LogP contribution in [-0.2, 0) is 4.79 Å². The number of hydrogen-bond acceptors (Lipinski definition) is 6. The number of carbonyl (C=O) groups is 1. The van der Waals surface area contributed by atoms with Gasteiger partial charge in [0.15, 0.2) is 0 Å². The van der Waals surface area contributed by atoms with E-state index in [9.17, 15) is 4.79 Å². The van der Waals surface area contributed by atoms with E-state index >= 15 is 0 Å². The van der Waals surface area contributed by atoms with Crippen molar-refractivity contribution in [3.63, 3.8) is 0 Å². The standard InChI is InChI=1S/C18H26N4O2S/c1-5-21(10-15(23)24)14-6-8-22(9-7-14)17-16-11(2)12(3)25-18(16)20-13(4)19-17/h14H,5-10H2,1-4H3,(H,23,24). The number of carboxylic acids is 1. The van der Waals surface area contributed by atoms with E-state index in [1.165, 1.54) is 15.8 Å². The van der Waals surface area contributed by atoms with E-state index in [1.807, 2.05) is 13.8 Å². The van der Waals surface area contributed by atoms with E-state index in [0.29, 0.717) is 6.04 Å². The lowest BCUT2D eigenvalue weighted by Gasteiger charge is -2.38. The molecule has 6 nitrogen and oxygen atoms in total. The number of carboxylic acid groups (broad SMARTS) is 1. The summed E-state index contributed by atoms with van der Waals surface area (Å²) in [4.78, 5) is 27.2. The minimum Gasteiger partial charge on any atom is -0.480 e. The van der Waals surface area contributed by atoms with Crippen molar-refractivity contribution in [2.75, 3.05) is 31.1 Å². The summed E-state index contributed by atoms with van der Waals surface area (Å²) in [7, 11) is 0. The molecule has 1 aliphatic rings. The summed E-state index contributed by atoms with van der Waals surface area (Å²) in [6.45, 7) is 11.0. The molecule has 2 aromatic rings. The van der Waals surface area contributed by atoms with Crippen molar-refractivity contribution in [3.8, 4) is 0 Å². The molecule has 0 saturated carbocycles. The fourth-order valence-corrected chi connectivity index (χ4v) is 4.75. The van der Waals surface area contributed by atoms with Crippen LogP contribution >= 0.6 is 11.3 Å². The van der Waals surface area contributed by atoms with Gasteiger partial charge in [0.25, 0.3) is 0 Å². The van der Waals surface area contributed by atoms with Gasteiger partial charge in [-0.25, -0.2) is 9.97 Å². The van der Waals surface area contributed by atoms with Crippen molar-refractivity contribution >= 4 is 33.3 Å². The number of piperidine rings is 1. The van der Waals surface area contributed by atoms with Crippen LogP contribution in [-0.4, -0.2) is 58.2 Å². The highest BCUT2D eigenvalue weighted by atomic mass is 32.1. The van der Waals surface area contributed by atoms with Gasteiger partial charge in [0.2, 0.25) is 0 Å². The van der Waals surface area contributed by atoms with E-state index in [2.05, 4.69) is 28.6 Å². The Morgan fingerprint density at radius 2 is 1.96 bits per heavy atom. The second-order valence-electron chi connectivity index (χ2n) is 6.73. The number of aromatic nitrogens is 2. The van der Waals surface area contributed by atoms with E-state index < -0.39 is 5.97 Å². The molecule has 2 aromatic heterocycles. The predicted molar refractivity (Wildman–Crippen MR) is 102 cm³/mol. The van der Waals surface area contributed by atoms with Crippen molar-refractivity contribution in [1.29, 1.82) is 0 Å². The highest BCUT2D eigenvalue weighted by Gasteiger charge is 2.27.